The van der Waals surface area contributed by atoms with Gasteiger partial charge >= 0.3 is 0 Å². The standard InChI is InChI=1S/C18H20N2O/c1-3-7-13-8-6-9-14(12-13)18(21)17-15-10-4-5-11-16(15)20(2)19-17/h4-6,8-12,18,21H,3,7H2,1-2H3. The Morgan fingerprint density at radius 2 is 1.95 bits per heavy atom. The van der Waals surface area contributed by atoms with Crippen LogP contribution in [0.4, 0.5) is 0 Å². The van der Waals surface area contributed by atoms with E-state index in [0.29, 0.717) is 0 Å². The average molecular weight is 280 g/mol. The molecule has 0 aliphatic rings. The molecule has 1 heterocycles. The van der Waals surface area contributed by atoms with Crippen LogP contribution >= 0.6 is 0 Å². The summed E-state index contributed by atoms with van der Waals surface area (Å²) in [4.78, 5) is 0. The van der Waals surface area contributed by atoms with Gasteiger partial charge in [0, 0.05) is 12.4 Å². The quantitative estimate of drug-likeness (QED) is 0.793. The Bertz CT molecular complexity index is 761. The van der Waals surface area contributed by atoms with Crippen LogP contribution in [-0.2, 0) is 13.5 Å². The smallest absolute Gasteiger partial charge is 0.123 e. The van der Waals surface area contributed by atoms with Gasteiger partial charge in [-0.1, -0.05) is 55.8 Å². The molecular formula is C18H20N2O. The molecule has 3 rings (SSSR count). The summed E-state index contributed by atoms with van der Waals surface area (Å²) in [5.41, 5.74) is 3.93. The Morgan fingerprint density at radius 1 is 1.14 bits per heavy atom. The second kappa shape index (κ2) is 5.70. The maximum absolute atomic E-state index is 10.7. The van der Waals surface area contributed by atoms with E-state index in [1.807, 2.05) is 48.1 Å². The Morgan fingerprint density at radius 3 is 2.76 bits per heavy atom. The number of aliphatic hydroxyl groups is 1. The monoisotopic (exact) mass is 280 g/mol. The first-order chi connectivity index (χ1) is 10.2. The third-order valence-corrected chi connectivity index (χ3v) is 3.85. The molecule has 0 bridgehead atoms. The molecule has 0 amide bonds. The van der Waals surface area contributed by atoms with E-state index in [1.165, 1.54) is 5.56 Å². The van der Waals surface area contributed by atoms with Crippen LogP contribution in [0.1, 0.15) is 36.3 Å². The molecule has 0 radical (unpaired) electrons. The van der Waals surface area contributed by atoms with Crippen molar-refractivity contribution in [2.75, 3.05) is 0 Å². The van der Waals surface area contributed by atoms with Crippen molar-refractivity contribution >= 4 is 10.9 Å². The number of nitrogens with zero attached hydrogens (tertiary/aromatic N) is 2. The van der Waals surface area contributed by atoms with E-state index in [9.17, 15) is 5.11 Å². The SMILES string of the molecule is CCCc1cccc(C(O)c2nn(C)c3ccccc23)c1. The molecule has 1 N–H and O–H groups in total. The van der Waals surface area contributed by atoms with Gasteiger partial charge in [0.2, 0.25) is 0 Å². The van der Waals surface area contributed by atoms with Crippen LogP contribution in [-0.4, -0.2) is 14.9 Å². The van der Waals surface area contributed by atoms with E-state index in [0.717, 1.165) is 35.0 Å². The first-order valence-corrected chi connectivity index (χ1v) is 7.39. The minimum Gasteiger partial charge on any atom is -0.382 e. The average Bonchev–Trinajstić information content (AvgIpc) is 2.85. The van der Waals surface area contributed by atoms with E-state index in [-0.39, 0.29) is 0 Å². The minimum absolute atomic E-state index is 0.687. The van der Waals surface area contributed by atoms with E-state index in [4.69, 9.17) is 0 Å². The number of benzene rings is 2. The molecule has 0 aliphatic heterocycles. The van der Waals surface area contributed by atoms with Crippen molar-refractivity contribution in [2.24, 2.45) is 7.05 Å². The molecule has 3 aromatic rings. The van der Waals surface area contributed by atoms with Gasteiger partial charge in [0.05, 0.1) is 5.52 Å². The summed E-state index contributed by atoms with van der Waals surface area (Å²) in [6, 6.07) is 16.2. The molecule has 1 unspecified atom stereocenters. The van der Waals surface area contributed by atoms with E-state index < -0.39 is 6.10 Å². The summed E-state index contributed by atoms with van der Waals surface area (Å²) >= 11 is 0. The normalized spacial score (nSPS) is 12.7. The lowest BCUT2D eigenvalue weighted by Gasteiger charge is -2.10. The fourth-order valence-corrected chi connectivity index (χ4v) is 2.81. The third kappa shape index (κ3) is 2.57. The Labute approximate surface area is 124 Å². The van der Waals surface area contributed by atoms with Crippen molar-refractivity contribution in [2.45, 2.75) is 25.9 Å². The molecule has 1 atom stereocenters. The van der Waals surface area contributed by atoms with Gasteiger partial charge in [-0.25, -0.2) is 0 Å². The zero-order chi connectivity index (χ0) is 14.8. The first-order valence-electron chi connectivity index (χ1n) is 7.39. The number of aromatic nitrogens is 2. The van der Waals surface area contributed by atoms with Gasteiger partial charge in [0.25, 0.3) is 0 Å². The molecule has 0 spiro atoms. The lowest BCUT2D eigenvalue weighted by atomic mass is 10.00. The van der Waals surface area contributed by atoms with Crippen molar-refractivity contribution in [1.82, 2.24) is 9.78 Å². The third-order valence-electron chi connectivity index (χ3n) is 3.85. The number of hydrogen-bond donors (Lipinski definition) is 1. The predicted molar refractivity (Wildman–Crippen MR) is 85.2 cm³/mol. The Balaban J connectivity index is 2.04. The van der Waals surface area contributed by atoms with Gasteiger partial charge in [-0.05, 0) is 23.6 Å². The lowest BCUT2D eigenvalue weighted by Crippen LogP contribution is -2.03. The summed E-state index contributed by atoms with van der Waals surface area (Å²) < 4.78 is 1.82. The fourth-order valence-electron chi connectivity index (χ4n) is 2.81. The van der Waals surface area contributed by atoms with Crippen LogP contribution in [0.2, 0.25) is 0 Å². The first kappa shape index (κ1) is 13.8. The van der Waals surface area contributed by atoms with Gasteiger partial charge in [0.1, 0.15) is 11.8 Å². The van der Waals surface area contributed by atoms with Crippen LogP contribution in [0.15, 0.2) is 48.5 Å². The number of para-hydroxylation sites is 1. The molecule has 3 heteroatoms. The van der Waals surface area contributed by atoms with Gasteiger partial charge in [-0.3, -0.25) is 4.68 Å². The van der Waals surface area contributed by atoms with Crippen LogP contribution in [0.5, 0.6) is 0 Å². The number of fused-ring (bicyclic) bond motifs is 1. The van der Waals surface area contributed by atoms with Crippen molar-refractivity contribution in [1.29, 1.82) is 0 Å². The summed E-state index contributed by atoms with van der Waals surface area (Å²) in [6.07, 6.45) is 1.45. The molecule has 2 aromatic carbocycles. The molecule has 0 saturated carbocycles. The predicted octanol–water partition coefficient (Wildman–Crippen LogP) is 3.61. The molecular weight excluding hydrogens is 260 g/mol. The van der Waals surface area contributed by atoms with Crippen molar-refractivity contribution in [3.05, 3.63) is 65.4 Å². The Hall–Kier alpha value is -2.13. The fraction of sp³-hybridized carbons (Fsp3) is 0.278. The zero-order valence-electron chi connectivity index (χ0n) is 12.5. The summed E-state index contributed by atoms with van der Waals surface area (Å²) in [5.74, 6) is 0. The van der Waals surface area contributed by atoms with E-state index in [2.05, 4.69) is 24.2 Å². The van der Waals surface area contributed by atoms with Crippen molar-refractivity contribution < 1.29 is 5.11 Å². The molecule has 0 aliphatic carbocycles. The number of aryl methyl sites for hydroxylation is 2. The minimum atomic E-state index is -0.687. The van der Waals surface area contributed by atoms with Crippen LogP contribution in [0.3, 0.4) is 0 Å². The highest BCUT2D eigenvalue weighted by atomic mass is 16.3. The topological polar surface area (TPSA) is 38.1 Å². The van der Waals surface area contributed by atoms with Gasteiger partial charge in [-0.2, -0.15) is 5.10 Å². The summed E-state index contributed by atoms with van der Waals surface area (Å²) in [7, 11) is 1.91. The van der Waals surface area contributed by atoms with Crippen LogP contribution in [0, 0.1) is 0 Å². The highest BCUT2D eigenvalue weighted by Gasteiger charge is 2.18. The largest absolute Gasteiger partial charge is 0.382 e. The Kier molecular flexibility index (Phi) is 3.76. The van der Waals surface area contributed by atoms with Crippen molar-refractivity contribution in [3.8, 4) is 0 Å². The van der Waals surface area contributed by atoms with Gasteiger partial charge in [-0.15, -0.1) is 0 Å². The van der Waals surface area contributed by atoms with E-state index >= 15 is 0 Å². The maximum Gasteiger partial charge on any atom is 0.123 e. The zero-order valence-corrected chi connectivity index (χ0v) is 12.5. The molecule has 3 nitrogen and oxygen atoms in total. The van der Waals surface area contributed by atoms with Gasteiger partial charge in [0.15, 0.2) is 0 Å². The number of hydrogen-bond acceptors (Lipinski definition) is 2. The summed E-state index contributed by atoms with van der Waals surface area (Å²) in [5, 5.41) is 16.2. The second-order valence-electron chi connectivity index (χ2n) is 5.42. The molecule has 108 valence electrons. The molecule has 0 saturated heterocycles. The number of aliphatic hydroxyl groups excluding tert-OH is 1. The van der Waals surface area contributed by atoms with Gasteiger partial charge < -0.3 is 5.11 Å². The number of rotatable bonds is 4. The lowest BCUT2D eigenvalue weighted by molar-refractivity contribution is 0.215. The van der Waals surface area contributed by atoms with Crippen LogP contribution in [0.25, 0.3) is 10.9 Å². The molecule has 21 heavy (non-hydrogen) atoms. The highest BCUT2D eigenvalue weighted by Crippen LogP contribution is 2.28. The van der Waals surface area contributed by atoms with Crippen molar-refractivity contribution in [3.63, 3.8) is 0 Å². The molecule has 1 aromatic heterocycles. The second-order valence-corrected chi connectivity index (χ2v) is 5.42. The van der Waals surface area contributed by atoms with E-state index in [1.54, 1.807) is 0 Å². The summed E-state index contributed by atoms with van der Waals surface area (Å²) in [6.45, 7) is 2.16. The van der Waals surface area contributed by atoms with Crippen LogP contribution < -0.4 is 0 Å². The maximum atomic E-state index is 10.7. The molecule has 0 fully saturated rings. The highest BCUT2D eigenvalue weighted by molar-refractivity contribution is 5.82.